The van der Waals surface area contributed by atoms with Crippen LogP contribution in [0.25, 0.3) is 11.3 Å². The summed E-state index contributed by atoms with van der Waals surface area (Å²) in [5, 5.41) is 15.3. The maximum absolute atomic E-state index is 14.3. The smallest absolute Gasteiger partial charge is 0.353 e. The molecule has 2 aromatic rings. The Balaban J connectivity index is 2.62. The average molecular weight is 308 g/mol. The van der Waals surface area contributed by atoms with Crippen molar-refractivity contribution in [2.24, 2.45) is 0 Å². The molecule has 0 fully saturated rings. The minimum absolute atomic E-state index is 0.0501. The van der Waals surface area contributed by atoms with Crippen molar-refractivity contribution in [1.29, 1.82) is 0 Å². The van der Waals surface area contributed by atoms with Crippen molar-refractivity contribution in [2.75, 3.05) is 14.2 Å². The van der Waals surface area contributed by atoms with Crippen molar-refractivity contribution in [3.63, 3.8) is 0 Å². The summed E-state index contributed by atoms with van der Waals surface area (Å²) in [7, 11) is 2.89. The van der Waals surface area contributed by atoms with Gasteiger partial charge in [-0.05, 0) is 32.0 Å². The van der Waals surface area contributed by atoms with Gasteiger partial charge in [-0.1, -0.05) is 0 Å². The maximum Gasteiger partial charge on any atom is 0.353 e. The number of aromatic carboxylic acids is 1. The molecule has 0 aliphatic rings. The van der Waals surface area contributed by atoms with Gasteiger partial charge in [-0.25, -0.2) is 9.18 Å². The lowest BCUT2D eigenvalue weighted by molar-refractivity contribution is 0.0690. The van der Waals surface area contributed by atoms with E-state index in [-0.39, 0.29) is 5.69 Å². The molecule has 0 aliphatic carbocycles. The van der Waals surface area contributed by atoms with Gasteiger partial charge in [0.05, 0.1) is 19.9 Å². The van der Waals surface area contributed by atoms with Crippen LogP contribution in [0.1, 0.15) is 29.9 Å². The number of ether oxygens (including phenoxy) is 2. The minimum atomic E-state index is -1.62. The first-order valence-electron chi connectivity index (χ1n) is 6.52. The highest BCUT2D eigenvalue weighted by molar-refractivity contribution is 5.87. The van der Waals surface area contributed by atoms with Gasteiger partial charge in [0.2, 0.25) is 0 Å². The number of H-pyrrole nitrogens is 1. The lowest BCUT2D eigenvalue weighted by Crippen LogP contribution is -2.11. The van der Waals surface area contributed by atoms with Gasteiger partial charge in [0.1, 0.15) is 22.9 Å². The number of benzene rings is 1. The van der Waals surface area contributed by atoms with Gasteiger partial charge in [-0.2, -0.15) is 5.10 Å². The first kappa shape index (κ1) is 15.8. The molecule has 2 rings (SSSR count). The van der Waals surface area contributed by atoms with Gasteiger partial charge < -0.3 is 14.6 Å². The van der Waals surface area contributed by atoms with Crippen LogP contribution in [0.3, 0.4) is 0 Å². The van der Waals surface area contributed by atoms with Crippen LogP contribution in [-0.4, -0.2) is 35.5 Å². The molecule has 0 saturated carbocycles. The van der Waals surface area contributed by atoms with Crippen LogP contribution in [0.4, 0.5) is 4.39 Å². The molecule has 0 bridgehead atoms. The Morgan fingerprint density at radius 2 is 1.86 bits per heavy atom. The van der Waals surface area contributed by atoms with Crippen LogP contribution < -0.4 is 9.47 Å². The van der Waals surface area contributed by atoms with E-state index >= 15 is 0 Å². The number of carboxylic acid groups (broad SMARTS) is 1. The molecule has 0 atom stereocenters. The molecular weight excluding hydrogens is 291 g/mol. The summed E-state index contributed by atoms with van der Waals surface area (Å²) in [4.78, 5) is 10.9. The van der Waals surface area contributed by atoms with E-state index in [0.717, 1.165) is 0 Å². The summed E-state index contributed by atoms with van der Waals surface area (Å²) in [5.74, 6) is -0.403. The Bertz CT molecular complexity index is 704. The molecule has 1 aromatic heterocycles. The minimum Gasteiger partial charge on any atom is -0.496 e. The molecule has 118 valence electrons. The van der Waals surface area contributed by atoms with Gasteiger partial charge in [0.25, 0.3) is 0 Å². The second-order valence-electron chi connectivity index (χ2n) is 5.20. The molecule has 0 spiro atoms. The third-order valence-corrected chi connectivity index (χ3v) is 3.25. The third-order valence-electron chi connectivity index (χ3n) is 3.25. The highest BCUT2D eigenvalue weighted by Gasteiger charge is 2.26. The number of hydrogen-bond acceptors (Lipinski definition) is 4. The molecule has 1 aromatic carbocycles. The van der Waals surface area contributed by atoms with Crippen molar-refractivity contribution in [1.82, 2.24) is 10.2 Å². The number of methoxy groups -OCH3 is 2. The number of rotatable bonds is 5. The molecule has 0 radical (unpaired) electrons. The molecule has 1 heterocycles. The van der Waals surface area contributed by atoms with Crippen molar-refractivity contribution >= 4 is 5.97 Å². The van der Waals surface area contributed by atoms with E-state index in [1.165, 1.54) is 40.2 Å². The molecule has 0 aliphatic heterocycles. The zero-order valence-electron chi connectivity index (χ0n) is 12.7. The zero-order valence-corrected chi connectivity index (χ0v) is 12.7. The molecule has 0 unspecified atom stereocenters. The van der Waals surface area contributed by atoms with E-state index in [4.69, 9.17) is 14.6 Å². The highest BCUT2D eigenvalue weighted by atomic mass is 19.1. The van der Waals surface area contributed by atoms with Gasteiger partial charge in [0, 0.05) is 11.1 Å². The number of aromatic nitrogens is 2. The average Bonchev–Trinajstić information content (AvgIpc) is 2.94. The van der Waals surface area contributed by atoms with E-state index in [0.29, 0.717) is 28.3 Å². The van der Waals surface area contributed by atoms with Crippen LogP contribution >= 0.6 is 0 Å². The molecular formula is C15H17FN2O4. The second kappa shape index (κ2) is 5.67. The quantitative estimate of drug-likeness (QED) is 0.887. The Morgan fingerprint density at radius 1 is 1.23 bits per heavy atom. The fourth-order valence-electron chi connectivity index (χ4n) is 2.13. The molecule has 2 N–H and O–H groups in total. The van der Waals surface area contributed by atoms with Crippen LogP contribution in [0.5, 0.6) is 11.5 Å². The fraction of sp³-hybridized carbons (Fsp3) is 0.333. The summed E-state index contributed by atoms with van der Waals surface area (Å²) < 4.78 is 24.8. The van der Waals surface area contributed by atoms with Gasteiger partial charge >= 0.3 is 5.97 Å². The van der Waals surface area contributed by atoms with Crippen molar-refractivity contribution in [3.05, 3.63) is 29.5 Å². The number of halogens is 1. The number of alkyl halides is 1. The second-order valence-corrected chi connectivity index (χ2v) is 5.20. The SMILES string of the molecule is COc1cc(C(C)(C)F)c(OC)cc1-c1cc(C(=O)O)[nH]n1. The fourth-order valence-corrected chi connectivity index (χ4v) is 2.13. The summed E-state index contributed by atoms with van der Waals surface area (Å²) in [6.45, 7) is 2.84. The number of nitrogens with zero attached hydrogens (tertiary/aromatic N) is 1. The van der Waals surface area contributed by atoms with E-state index in [1.54, 1.807) is 6.07 Å². The van der Waals surface area contributed by atoms with Crippen LogP contribution in [0.15, 0.2) is 18.2 Å². The highest BCUT2D eigenvalue weighted by Crippen LogP contribution is 2.41. The van der Waals surface area contributed by atoms with Gasteiger partial charge in [-0.3, -0.25) is 5.10 Å². The van der Waals surface area contributed by atoms with E-state index in [1.807, 2.05) is 0 Å². The van der Waals surface area contributed by atoms with Crippen molar-refractivity contribution in [2.45, 2.75) is 19.5 Å². The number of carbonyl (C=O) groups is 1. The molecule has 6 nitrogen and oxygen atoms in total. The number of carboxylic acids is 1. The van der Waals surface area contributed by atoms with Crippen LogP contribution in [0.2, 0.25) is 0 Å². The standard InChI is InChI=1S/C15H17FN2O4/c1-15(2,16)9-6-12(21-3)8(5-13(9)22-4)10-7-11(14(19)20)18-17-10/h5-7H,1-4H3,(H,17,18)(H,19,20). The van der Waals surface area contributed by atoms with E-state index < -0.39 is 11.6 Å². The predicted molar refractivity (Wildman–Crippen MR) is 78.2 cm³/mol. The first-order valence-corrected chi connectivity index (χ1v) is 6.52. The summed E-state index contributed by atoms with van der Waals surface area (Å²) in [5.41, 5.74) is -0.447. The number of hydrogen-bond donors (Lipinski definition) is 2. The zero-order chi connectivity index (χ0) is 16.5. The third kappa shape index (κ3) is 2.88. The maximum atomic E-state index is 14.3. The molecule has 0 saturated heterocycles. The summed E-state index contributed by atoms with van der Waals surface area (Å²) in [6.07, 6.45) is 0. The monoisotopic (exact) mass is 308 g/mol. The Labute approximate surface area is 126 Å². The lowest BCUT2D eigenvalue weighted by Gasteiger charge is -2.20. The summed E-state index contributed by atoms with van der Waals surface area (Å²) in [6, 6.07) is 4.49. The predicted octanol–water partition coefficient (Wildman–Crippen LogP) is 3.00. The normalized spacial score (nSPS) is 11.3. The Hall–Kier alpha value is -2.57. The lowest BCUT2D eigenvalue weighted by atomic mass is 9.96. The Morgan fingerprint density at radius 3 is 2.32 bits per heavy atom. The molecule has 22 heavy (non-hydrogen) atoms. The van der Waals surface area contributed by atoms with E-state index in [9.17, 15) is 9.18 Å². The van der Waals surface area contributed by atoms with Crippen LogP contribution in [0, 0.1) is 0 Å². The van der Waals surface area contributed by atoms with Gasteiger partial charge in [0.15, 0.2) is 0 Å². The van der Waals surface area contributed by atoms with Gasteiger partial charge in [-0.15, -0.1) is 0 Å². The van der Waals surface area contributed by atoms with Crippen LogP contribution in [-0.2, 0) is 5.67 Å². The number of aromatic amines is 1. The number of nitrogens with one attached hydrogen (secondary N) is 1. The van der Waals surface area contributed by atoms with Crippen molar-refractivity contribution in [3.8, 4) is 22.8 Å². The largest absolute Gasteiger partial charge is 0.496 e. The summed E-state index contributed by atoms with van der Waals surface area (Å²) >= 11 is 0. The van der Waals surface area contributed by atoms with E-state index in [2.05, 4.69) is 10.2 Å². The Kier molecular flexibility index (Phi) is 4.07. The van der Waals surface area contributed by atoms with Crippen molar-refractivity contribution < 1.29 is 23.8 Å². The molecule has 0 amide bonds. The topological polar surface area (TPSA) is 84.4 Å². The first-order chi connectivity index (χ1) is 10.3. The molecule has 7 heteroatoms.